The third kappa shape index (κ3) is 3.21. The number of rotatable bonds is 1. The molecule has 0 bridgehead atoms. The molecule has 0 saturated carbocycles. The Morgan fingerprint density at radius 1 is 1.05 bits per heavy atom. The fraction of sp³-hybridized carbons (Fsp3) is 0.308. The van der Waals surface area contributed by atoms with Crippen LogP contribution in [0.1, 0.15) is 12.0 Å². The van der Waals surface area contributed by atoms with Crippen LogP contribution in [0.3, 0.4) is 0 Å². The van der Waals surface area contributed by atoms with Crippen LogP contribution >= 0.6 is 11.6 Å². The van der Waals surface area contributed by atoms with Gasteiger partial charge in [0.25, 0.3) is 5.91 Å². The van der Waals surface area contributed by atoms with Crippen LogP contribution in [-0.4, -0.2) is 18.6 Å². The van der Waals surface area contributed by atoms with E-state index in [1.807, 2.05) is 0 Å². The van der Waals surface area contributed by atoms with Gasteiger partial charge in [0.15, 0.2) is 0 Å². The van der Waals surface area contributed by atoms with Crippen LogP contribution in [0.15, 0.2) is 34.9 Å². The van der Waals surface area contributed by atoms with E-state index >= 15 is 0 Å². The van der Waals surface area contributed by atoms with Crippen LogP contribution in [0.2, 0.25) is 0 Å². The number of anilines is 1. The molecule has 1 fully saturated rings. The molecule has 1 aliphatic rings. The number of hydrogen-bond donors (Lipinski definition) is 0. The number of benzene rings is 1. The van der Waals surface area contributed by atoms with E-state index < -0.39 is 34.4 Å². The largest absolute Gasteiger partial charge is 0.427 e. The van der Waals surface area contributed by atoms with Crippen molar-refractivity contribution in [1.29, 1.82) is 0 Å². The second kappa shape index (κ2) is 5.49. The van der Waals surface area contributed by atoms with Gasteiger partial charge < -0.3 is 4.90 Å². The van der Waals surface area contributed by atoms with Gasteiger partial charge >= 0.3 is 12.4 Å². The number of nitrogens with zero attached hydrogens (tertiary/aromatic N) is 1. The van der Waals surface area contributed by atoms with Gasteiger partial charge in [-0.25, -0.2) is 0 Å². The minimum atomic E-state index is -4.83. The standard InChI is InChI=1S/C13H8ClF6NO/c14-10(13(18,19)20)9-5-6-21(11(9)22)8-3-1-7(2-4-8)12(15,16)17/h1-4H,5-6H2/b10-9-. The molecule has 0 N–H and O–H groups in total. The normalized spacial score (nSPS) is 18.9. The molecule has 0 spiro atoms. The van der Waals surface area contributed by atoms with E-state index in [0.717, 1.165) is 29.2 Å². The third-order valence-corrected chi connectivity index (χ3v) is 3.55. The van der Waals surface area contributed by atoms with Gasteiger partial charge in [-0.05, 0) is 30.7 Å². The van der Waals surface area contributed by atoms with Crippen molar-refractivity contribution in [2.75, 3.05) is 11.4 Å². The summed E-state index contributed by atoms with van der Waals surface area (Å²) in [6.07, 6.45) is -9.58. The van der Waals surface area contributed by atoms with Crippen LogP contribution in [0, 0.1) is 0 Å². The molecule has 1 saturated heterocycles. The Kier molecular flexibility index (Phi) is 4.16. The van der Waals surface area contributed by atoms with E-state index in [1.54, 1.807) is 0 Å². The fourth-order valence-corrected chi connectivity index (χ4v) is 2.22. The van der Waals surface area contributed by atoms with E-state index in [0.29, 0.717) is 0 Å². The molecule has 0 aliphatic carbocycles. The van der Waals surface area contributed by atoms with Gasteiger partial charge in [-0.15, -0.1) is 0 Å². The van der Waals surface area contributed by atoms with Crippen molar-refractivity contribution in [3.8, 4) is 0 Å². The Labute approximate surface area is 126 Å². The zero-order valence-electron chi connectivity index (χ0n) is 10.7. The molecule has 0 aromatic heterocycles. The van der Waals surface area contributed by atoms with Gasteiger partial charge in [0.05, 0.1) is 5.56 Å². The lowest BCUT2D eigenvalue weighted by Crippen LogP contribution is -2.25. The van der Waals surface area contributed by atoms with E-state index in [2.05, 4.69) is 0 Å². The number of amides is 1. The number of carbonyl (C=O) groups excluding carboxylic acids is 1. The van der Waals surface area contributed by atoms with Crippen LogP contribution < -0.4 is 4.90 Å². The molecular formula is C13H8ClF6NO. The number of hydrogen-bond acceptors (Lipinski definition) is 1. The molecule has 1 aromatic rings. The van der Waals surface area contributed by atoms with Gasteiger partial charge in [-0.1, -0.05) is 11.6 Å². The first-order valence-electron chi connectivity index (χ1n) is 5.97. The number of halogens is 7. The molecule has 1 aromatic carbocycles. The summed E-state index contributed by atoms with van der Waals surface area (Å²) in [5.41, 5.74) is -1.42. The molecule has 1 heterocycles. The summed E-state index contributed by atoms with van der Waals surface area (Å²) in [6, 6.07) is 3.59. The Balaban J connectivity index is 2.28. The summed E-state index contributed by atoms with van der Waals surface area (Å²) >= 11 is 5.15. The molecule has 1 aliphatic heterocycles. The highest BCUT2D eigenvalue weighted by atomic mass is 35.5. The summed E-state index contributed by atoms with van der Waals surface area (Å²) in [5, 5.41) is -1.49. The van der Waals surface area contributed by atoms with Gasteiger partial charge in [-0.2, -0.15) is 26.3 Å². The zero-order chi connectivity index (χ0) is 16.7. The number of alkyl halides is 6. The van der Waals surface area contributed by atoms with Crippen LogP contribution in [0.4, 0.5) is 32.0 Å². The summed E-state index contributed by atoms with van der Waals surface area (Å²) in [6.45, 7) is -0.0775. The first-order valence-corrected chi connectivity index (χ1v) is 6.34. The Morgan fingerprint density at radius 3 is 2.05 bits per heavy atom. The molecule has 2 nitrogen and oxygen atoms in total. The lowest BCUT2D eigenvalue weighted by molar-refractivity contribution is -0.137. The predicted molar refractivity (Wildman–Crippen MR) is 67.3 cm³/mol. The maximum absolute atomic E-state index is 12.5. The maximum atomic E-state index is 12.5. The minimum Gasteiger partial charge on any atom is -0.308 e. The zero-order valence-corrected chi connectivity index (χ0v) is 11.5. The molecular weight excluding hydrogens is 336 g/mol. The lowest BCUT2D eigenvalue weighted by atomic mass is 10.2. The molecule has 0 unspecified atom stereocenters. The fourth-order valence-electron chi connectivity index (χ4n) is 2.05. The quantitative estimate of drug-likeness (QED) is 0.543. The van der Waals surface area contributed by atoms with Crippen LogP contribution in [-0.2, 0) is 11.0 Å². The summed E-state index contributed by atoms with van der Waals surface area (Å²) in [7, 11) is 0. The van der Waals surface area contributed by atoms with Crippen LogP contribution in [0.5, 0.6) is 0 Å². The van der Waals surface area contributed by atoms with Crippen molar-refractivity contribution < 1.29 is 31.1 Å². The molecule has 0 atom stereocenters. The van der Waals surface area contributed by atoms with Crippen molar-refractivity contribution in [3.05, 3.63) is 40.4 Å². The molecule has 1 amide bonds. The van der Waals surface area contributed by atoms with Crippen molar-refractivity contribution in [2.24, 2.45) is 0 Å². The minimum absolute atomic E-state index is 0.0775. The summed E-state index contributed by atoms with van der Waals surface area (Å²) in [5.74, 6) is -0.956. The van der Waals surface area contributed by atoms with Crippen molar-refractivity contribution >= 4 is 23.2 Å². The summed E-state index contributed by atoms with van der Waals surface area (Å²) < 4.78 is 74.8. The second-order valence-electron chi connectivity index (χ2n) is 4.54. The highest BCUT2D eigenvalue weighted by molar-refractivity contribution is 6.33. The first-order chi connectivity index (χ1) is 10.0. The Bertz CT molecular complexity index is 617. The van der Waals surface area contributed by atoms with Crippen molar-refractivity contribution in [1.82, 2.24) is 0 Å². The molecule has 2 rings (SSSR count). The van der Waals surface area contributed by atoms with E-state index in [-0.39, 0.29) is 18.7 Å². The highest BCUT2D eigenvalue weighted by Gasteiger charge is 2.40. The Hall–Kier alpha value is -1.70. The topological polar surface area (TPSA) is 20.3 Å². The second-order valence-corrected chi connectivity index (χ2v) is 4.92. The SMILES string of the molecule is O=C1/C(=C(\Cl)C(F)(F)F)CCN1c1ccc(C(F)(F)F)cc1. The number of carbonyl (C=O) groups is 1. The van der Waals surface area contributed by atoms with Gasteiger partial charge in [-0.3, -0.25) is 4.79 Å². The maximum Gasteiger partial charge on any atom is 0.427 e. The average molecular weight is 344 g/mol. The smallest absolute Gasteiger partial charge is 0.308 e. The van der Waals surface area contributed by atoms with E-state index in [4.69, 9.17) is 11.6 Å². The molecule has 0 radical (unpaired) electrons. The molecule has 120 valence electrons. The average Bonchev–Trinajstić information content (AvgIpc) is 2.77. The van der Waals surface area contributed by atoms with Crippen molar-refractivity contribution in [2.45, 2.75) is 18.8 Å². The van der Waals surface area contributed by atoms with Gasteiger partial charge in [0.2, 0.25) is 0 Å². The first kappa shape index (κ1) is 16.7. The van der Waals surface area contributed by atoms with E-state index in [1.165, 1.54) is 0 Å². The lowest BCUT2D eigenvalue weighted by Gasteiger charge is -2.16. The highest BCUT2D eigenvalue weighted by Crippen LogP contribution is 2.37. The van der Waals surface area contributed by atoms with Gasteiger partial charge in [0.1, 0.15) is 5.03 Å². The summed E-state index contributed by atoms with van der Waals surface area (Å²) in [4.78, 5) is 12.9. The van der Waals surface area contributed by atoms with Crippen LogP contribution in [0.25, 0.3) is 0 Å². The Morgan fingerprint density at radius 2 is 1.59 bits per heavy atom. The van der Waals surface area contributed by atoms with Gasteiger partial charge in [0, 0.05) is 17.8 Å². The molecule has 9 heteroatoms. The monoisotopic (exact) mass is 343 g/mol. The predicted octanol–water partition coefficient (Wildman–Crippen LogP) is 4.50. The third-order valence-electron chi connectivity index (χ3n) is 3.11. The molecule has 22 heavy (non-hydrogen) atoms. The van der Waals surface area contributed by atoms with Crippen molar-refractivity contribution in [3.63, 3.8) is 0 Å². The number of allylic oxidation sites excluding steroid dienone is 1. The van der Waals surface area contributed by atoms with E-state index in [9.17, 15) is 31.1 Å².